The maximum atomic E-state index is 5.95. The van der Waals surface area contributed by atoms with Gasteiger partial charge >= 0.3 is 0 Å². The summed E-state index contributed by atoms with van der Waals surface area (Å²) in [5, 5.41) is 2.08. The zero-order chi connectivity index (χ0) is 13.7. The van der Waals surface area contributed by atoms with Gasteiger partial charge in [0.25, 0.3) is 0 Å². The molecule has 0 saturated heterocycles. The van der Waals surface area contributed by atoms with Crippen LogP contribution in [0.2, 0.25) is 0 Å². The van der Waals surface area contributed by atoms with Crippen molar-refractivity contribution in [2.75, 3.05) is 13.7 Å². The Hall–Kier alpha value is -1.52. The van der Waals surface area contributed by atoms with Crippen LogP contribution in [-0.4, -0.2) is 13.7 Å². The van der Waals surface area contributed by atoms with Crippen LogP contribution in [0.25, 0.3) is 0 Å². The first-order valence-corrected chi connectivity index (χ1v) is 7.17. The number of thiophene rings is 1. The van der Waals surface area contributed by atoms with Crippen molar-refractivity contribution in [3.63, 3.8) is 0 Å². The highest BCUT2D eigenvalue weighted by Gasteiger charge is 2.09. The van der Waals surface area contributed by atoms with Crippen LogP contribution in [-0.2, 0) is 6.42 Å². The number of ether oxygens (including phenoxy) is 2. The molecule has 19 heavy (non-hydrogen) atoms. The van der Waals surface area contributed by atoms with Gasteiger partial charge in [0, 0.05) is 29.0 Å². The first-order valence-electron chi connectivity index (χ1n) is 6.29. The molecule has 1 aromatic carbocycles. The molecule has 1 atom stereocenters. The number of benzene rings is 1. The third-order valence-electron chi connectivity index (χ3n) is 2.90. The molecule has 0 fully saturated rings. The molecule has 0 aliphatic heterocycles. The number of hydrogen-bond acceptors (Lipinski definition) is 4. The van der Waals surface area contributed by atoms with Gasteiger partial charge in [0.1, 0.15) is 11.5 Å². The SMILES string of the molecule is COc1ccc(C(C)N)c(OCCc2cccs2)c1. The fourth-order valence-electron chi connectivity index (χ4n) is 1.86. The number of methoxy groups -OCH3 is 1. The van der Waals surface area contributed by atoms with E-state index >= 15 is 0 Å². The van der Waals surface area contributed by atoms with Crippen molar-refractivity contribution in [1.29, 1.82) is 0 Å². The van der Waals surface area contributed by atoms with E-state index in [9.17, 15) is 0 Å². The van der Waals surface area contributed by atoms with E-state index in [-0.39, 0.29) is 6.04 Å². The minimum atomic E-state index is -0.0531. The minimum absolute atomic E-state index is 0.0531. The monoisotopic (exact) mass is 277 g/mol. The Morgan fingerprint density at radius 1 is 1.32 bits per heavy atom. The summed E-state index contributed by atoms with van der Waals surface area (Å²) >= 11 is 1.75. The average Bonchev–Trinajstić information content (AvgIpc) is 2.91. The molecular weight excluding hydrogens is 258 g/mol. The molecule has 2 aromatic rings. The van der Waals surface area contributed by atoms with Crippen LogP contribution in [0.5, 0.6) is 11.5 Å². The zero-order valence-corrected chi connectivity index (χ0v) is 12.1. The molecule has 1 unspecified atom stereocenters. The topological polar surface area (TPSA) is 44.5 Å². The summed E-state index contributed by atoms with van der Waals surface area (Å²) in [7, 11) is 1.65. The largest absolute Gasteiger partial charge is 0.497 e. The average molecular weight is 277 g/mol. The Morgan fingerprint density at radius 3 is 2.79 bits per heavy atom. The Kier molecular flexibility index (Phi) is 4.82. The van der Waals surface area contributed by atoms with Gasteiger partial charge in [0.05, 0.1) is 13.7 Å². The Morgan fingerprint density at radius 2 is 2.16 bits per heavy atom. The fraction of sp³-hybridized carbons (Fsp3) is 0.333. The number of rotatable bonds is 6. The summed E-state index contributed by atoms with van der Waals surface area (Å²) < 4.78 is 11.1. The Labute approximate surface area is 118 Å². The quantitative estimate of drug-likeness (QED) is 0.880. The predicted molar refractivity (Wildman–Crippen MR) is 79.1 cm³/mol. The van der Waals surface area contributed by atoms with E-state index in [0.717, 1.165) is 23.5 Å². The normalized spacial score (nSPS) is 12.2. The van der Waals surface area contributed by atoms with E-state index in [0.29, 0.717) is 6.61 Å². The van der Waals surface area contributed by atoms with Crippen molar-refractivity contribution in [3.05, 3.63) is 46.2 Å². The van der Waals surface area contributed by atoms with Crippen molar-refractivity contribution < 1.29 is 9.47 Å². The van der Waals surface area contributed by atoms with Crippen LogP contribution in [0.1, 0.15) is 23.4 Å². The van der Waals surface area contributed by atoms with Crippen LogP contribution in [0.3, 0.4) is 0 Å². The molecule has 1 heterocycles. The van der Waals surface area contributed by atoms with Crippen molar-refractivity contribution in [1.82, 2.24) is 0 Å². The minimum Gasteiger partial charge on any atom is -0.497 e. The molecule has 4 heteroatoms. The van der Waals surface area contributed by atoms with E-state index in [2.05, 4.69) is 17.5 Å². The lowest BCUT2D eigenvalue weighted by atomic mass is 10.1. The number of nitrogens with two attached hydrogens (primary N) is 1. The molecule has 3 nitrogen and oxygen atoms in total. The van der Waals surface area contributed by atoms with E-state index in [1.54, 1.807) is 18.4 Å². The summed E-state index contributed by atoms with van der Waals surface area (Å²) in [6, 6.07) is 9.88. The third kappa shape index (κ3) is 3.72. The molecule has 1 aromatic heterocycles. The van der Waals surface area contributed by atoms with E-state index in [1.807, 2.05) is 25.1 Å². The van der Waals surface area contributed by atoms with Gasteiger partial charge in [-0.2, -0.15) is 0 Å². The maximum absolute atomic E-state index is 5.95. The third-order valence-corrected chi connectivity index (χ3v) is 3.83. The Balaban J connectivity index is 2.04. The summed E-state index contributed by atoms with van der Waals surface area (Å²) in [5.41, 5.74) is 6.96. The van der Waals surface area contributed by atoms with Gasteiger partial charge in [-0.3, -0.25) is 0 Å². The van der Waals surface area contributed by atoms with Crippen molar-refractivity contribution in [2.45, 2.75) is 19.4 Å². The molecule has 0 spiro atoms. The molecule has 0 bridgehead atoms. The molecule has 0 amide bonds. The van der Waals surface area contributed by atoms with Gasteiger partial charge in [0.15, 0.2) is 0 Å². The molecule has 0 saturated carbocycles. The van der Waals surface area contributed by atoms with Crippen LogP contribution in [0.4, 0.5) is 0 Å². The second-order valence-corrected chi connectivity index (χ2v) is 5.40. The van der Waals surface area contributed by atoms with Crippen molar-refractivity contribution in [2.24, 2.45) is 5.73 Å². The van der Waals surface area contributed by atoms with Gasteiger partial charge in [-0.15, -0.1) is 11.3 Å². The second kappa shape index (κ2) is 6.59. The molecular formula is C15H19NO2S. The summed E-state index contributed by atoms with van der Waals surface area (Å²) in [6.45, 7) is 2.60. The maximum Gasteiger partial charge on any atom is 0.127 e. The highest BCUT2D eigenvalue weighted by Crippen LogP contribution is 2.28. The van der Waals surface area contributed by atoms with Gasteiger partial charge in [-0.05, 0) is 24.4 Å². The first-order chi connectivity index (χ1) is 9.20. The van der Waals surface area contributed by atoms with Crippen molar-refractivity contribution >= 4 is 11.3 Å². The van der Waals surface area contributed by atoms with Gasteiger partial charge < -0.3 is 15.2 Å². The van der Waals surface area contributed by atoms with Crippen molar-refractivity contribution in [3.8, 4) is 11.5 Å². The summed E-state index contributed by atoms with van der Waals surface area (Å²) in [4.78, 5) is 1.32. The fourth-order valence-corrected chi connectivity index (χ4v) is 2.55. The smallest absolute Gasteiger partial charge is 0.127 e. The number of hydrogen-bond donors (Lipinski definition) is 1. The highest BCUT2D eigenvalue weighted by atomic mass is 32.1. The molecule has 0 radical (unpaired) electrons. The highest BCUT2D eigenvalue weighted by molar-refractivity contribution is 7.09. The van der Waals surface area contributed by atoms with E-state index in [4.69, 9.17) is 15.2 Å². The standard InChI is InChI=1S/C15H19NO2S/c1-11(16)14-6-5-12(17-2)10-15(14)18-8-7-13-4-3-9-19-13/h3-6,9-11H,7-8,16H2,1-2H3. The zero-order valence-electron chi connectivity index (χ0n) is 11.3. The van der Waals surface area contributed by atoms with Crippen LogP contribution < -0.4 is 15.2 Å². The lowest BCUT2D eigenvalue weighted by Crippen LogP contribution is -2.09. The van der Waals surface area contributed by atoms with Gasteiger partial charge in [0.2, 0.25) is 0 Å². The summed E-state index contributed by atoms with van der Waals surface area (Å²) in [5.74, 6) is 1.60. The van der Waals surface area contributed by atoms with Crippen LogP contribution in [0.15, 0.2) is 35.7 Å². The molecule has 102 valence electrons. The summed E-state index contributed by atoms with van der Waals surface area (Å²) in [6.07, 6.45) is 0.910. The van der Waals surface area contributed by atoms with Gasteiger partial charge in [-0.25, -0.2) is 0 Å². The van der Waals surface area contributed by atoms with Crippen LogP contribution in [0, 0.1) is 0 Å². The van der Waals surface area contributed by atoms with Crippen LogP contribution >= 0.6 is 11.3 Å². The molecule has 0 aliphatic carbocycles. The lowest BCUT2D eigenvalue weighted by molar-refractivity contribution is 0.315. The predicted octanol–water partition coefficient (Wildman–Crippen LogP) is 3.40. The molecule has 0 aliphatic rings. The molecule has 2 rings (SSSR count). The lowest BCUT2D eigenvalue weighted by Gasteiger charge is -2.15. The Bertz CT molecular complexity index is 509. The second-order valence-electron chi connectivity index (χ2n) is 4.37. The molecule has 2 N–H and O–H groups in total. The van der Waals surface area contributed by atoms with Gasteiger partial charge in [-0.1, -0.05) is 12.1 Å². The van der Waals surface area contributed by atoms with E-state index < -0.39 is 0 Å². The van der Waals surface area contributed by atoms with E-state index in [1.165, 1.54) is 4.88 Å². The first kappa shape index (κ1) is 13.9.